The first-order valence-electron chi connectivity index (χ1n) is 6.33. The maximum atomic E-state index is 11.6. The van der Waals surface area contributed by atoms with Crippen LogP contribution in [0.5, 0.6) is 0 Å². The fraction of sp³-hybridized carbons (Fsp3) is 0.231. The third kappa shape index (κ3) is 4.53. The van der Waals surface area contributed by atoms with Gasteiger partial charge in [0.1, 0.15) is 5.69 Å². The summed E-state index contributed by atoms with van der Waals surface area (Å²) in [5.74, 6) is -0.116. The van der Waals surface area contributed by atoms with Gasteiger partial charge in [-0.1, -0.05) is 12.1 Å². The van der Waals surface area contributed by atoms with Crippen molar-refractivity contribution in [3.05, 3.63) is 46.0 Å². The predicted octanol–water partition coefficient (Wildman–Crippen LogP) is 2.88. The van der Waals surface area contributed by atoms with Gasteiger partial charge in [-0.15, -0.1) is 11.3 Å². The van der Waals surface area contributed by atoms with Crippen LogP contribution in [0.4, 0.5) is 16.5 Å². The molecule has 8 heteroatoms. The van der Waals surface area contributed by atoms with Gasteiger partial charge in [0.25, 0.3) is 5.69 Å². The standard InChI is InChI=1S/C13H14N4O3S/c18-12(16-13-15-8-9-21-13)6-3-7-14-10-4-1-2-5-11(10)17(19)20/h1-2,4-5,8-9,14H,3,6-7H2,(H,15,16,18). The largest absolute Gasteiger partial charge is 0.379 e. The van der Waals surface area contributed by atoms with Crippen LogP contribution in [0.25, 0.3) is 0 Å². The molecule has 0 saturated heterocycles. The summed E-state index contributed by atoms with van der Waals surface area (Å²) in [5.41, 5.74) is 0.493. The number of nitro groups is 1. The van der Waals surface area contributed by atoms with Crippen molar-refractivity contribution >= 4 is 33.8 Å². The summed E-state index contributed by atoms with van der Waals surface area (Å²) in [6.45, 7) is 0.482. The summed E-state index contributed by atoms with van der Waals surface area (Å²) in [7, 11) is 0. The van der Waals surface area contributed by atoms with Gasteiger partial charge >= 0.3 is 0 Å². The highest BCUT2D eigenvalue weighted by Gasteiger charge is 2.11. The molecule has 1 aromatic heterocycles. The number of anilines is 2. The molecule has 0 bridgehead atoms. The van der Waals surface area contributed by atoms with Crippen molar-refractivity contribution in [1.82, 2.24) is 4.98 Å². The minimum absolute atomic E-state index is 0.0322. The Balaban J connectivity index is 1.75. The van der Waals surface area contributed by atoms with E-state index in [0.717, 1.165) is 0 Å². The van der Waals surface area contributed by atoms with E-state index in [1.165, 1.54) is 17.4 Å². The highest BCUT2D eigenvalue weighted by Crippen LogP contribution is 2.23. The lowest BCUT2D eigenvalue weighted by Crippen LogP contribution is -2.13. The summed E-state index contributed by atoms with van der Waals surface area (Å²) in [4.78, 5) is 26.0. The number of amides is 1. The van der Waals surface area contributed by atoms with Crippen molar-refractivity contribution in [2.45, 2.75) is 12.8 Å². The summed E-state index contributed by atoms with van der Waals surface area (Å²) < 4.78 is 0. The van der Waals surface area contributed by atoms with E-state index in [2.05, 4.69) is 15.6 Å². The van der Waals surface area contributed by atoms with Gasteiger partial charge in [0.2, 0.25) is 5.91 Å². The molecule has 0 aliphatic rings. The molecule has 0 radical (unpaired) electrons. The van der Waals surface area contributed by atoms with E-state index < -0.39 is 4.92 Å². The molecule has 0 aliphatic carbocycles. The highest BCUT2D eigenvalue weighted by atomic mass is 32.1. The quantitative estimate of drug-likeness (QED) is 0.465. The van der Waals surface area contributed by atoms with Crippen LogP contribution in [0.1, 0.15) is 12.8 Å². The number of nitro benzene ring substituents is 1. The third-order valence-electron chi connectivity index (χ3n) is 2.68. The van der Waals surface area contributed by atoms with Gasteiger partial charge in [-0.05, 0) is 12.5 Å². The summed E-state index contributed by atoms with van der Waals surface area (Å²) in [6, 6.07) is 6.43. The molecule has 2 N–H and O–H groups in total. The SMILES string of the molecule is O=C(CCCNc1ccccc1[N+](=O)[O-])Nc1nccs1. The number of carbonyl (C=O) groups excluding carboxylic acids is 1. The van der Waals surface area contributed by atoms with Crippen molar-refractivity contribution in [3.8, 4) is 0 Å². The van der Waals surface area contributed by atoms with Crippen LogP contribution in [0, 0.1) is 10.1 Å². The Labute approximate surface area is 125 Å². The average molecular weight is 306 g/mol. The number of carbonyl (C=O) groups is 1. The molecule has 21 heavy (non-hydrogen) atoms. The number of hydrogen-bond donors (Lipinski definition) is 2. The van der Waals surface area contributed by atoms with E-state index in [9.17, 15) is 14.9 Å². The van der Waals surface area contributed by atoms with Crippen molar-refractivity contribution in [1.29, 1.82) is 0 Å². The monoisotopic (exact) mass is 306 g/mol. The Morgan fingerprint density at radius 1 is 1.38 bits per heavy atom. The zero-order chi connectivity index (χ0) is 15.1. The number of nitrogens with one attached hydrogen (secondary N) is 2. The topological polar surface area (TPSA) is 97.2 Å². The van der Waals surface area contributed by atoms with Crippen LogP contribution in [0.15, 0.2) is 35.8 Å². The Morgan fingerprint density at radius 2 is 2.19 bits per heavy atom. The lowest BCUT2D eigenvalue weighted by Gasteiger charge is -2.06. The molecule has 1 aromatic carbocycles. The molecule has 0 aliphatic heterocycles. The maximum Gasteiger partial charge on any atom is 0.292 e. The van der Waals surface area contributed by atoms with E-state index >= 15 is 0 Å². The maximum absolute atomic E-state index is 11.6. The number of para-hydroxylation sites is 2. The Bertz CT molecular complexity index is 616. The Kier molecular flexibility index (Phi) is 5.22. The Morgan fingerprint density at radius 3 is 2.90 bits per heavy atom. The molecular weight excluding hydrogens is 292 g/mol. The van der Waals surface area contributed by atoms with Crippen molar-refractivity contribution < 1.29 is 9.72 Å². The molecule has 0 unspecified atom stereocenters. The van der Waals surface area contributed by atoms with Crippen molar-refractivity contribution in [2.24, 2.45) is 0 Å². The normalized spacial score (nSPS) is 10.1. The minimum atomic E-state index is -0.433. The molecule has 1 heterocycles. The van der Waals surface area contributed by atoms with Crippen LogP contribution >= 0.6 is 11.3 Å². The third-order valence-corrected chi connectivity index (χ3v) is 3.36. The smallest absolute Gasteiger partial charge is 0.292 e. The number of benzene rings is 1. The summed E-state index contributed by atoms with van der Waals surface area (Å²) >= 11 is 1.36. The van der Waals surface area contributed by atoms with Gasteiger partial charge < -0.3 is 10.6 Å². The fourth-order valence-electron chi connectivity index (χ4n) is 1.72. The van der Waals surface area contributed by atoms with Crippen LogP contribution in [0.2, 0.25) is 0 Å². The van der Waals surface area contributed by atoms with Gasteiger partial charge in [0.15, 0.2) is 5.13 Å². The molecular formula is C13H14N4O3S. The lowest BCUT2D eigenvalue weighted by atomic mass is 10.2. The second-order valence-corrected chi connectivity index (χ2v) is 5.08. The Hall–Kier alpha value is -2.48. The van der Waals surface area contributed by atoms with Crippen LogP contribution in [0.3, 0.4) is 0 Å². The van der Waals surface area contributed by atoms with E-state index in [1.807, 2.05) is 0 Å². The number of rotatable bonds is 7. The van der Waals surface area contributed by atoms with Crippen molar-refractivity contribution in [3.63, 3.8) is 0 Å². The van der Waals surface area contributed by atoms with E-state index in [1.54, 1.807) is 29.8 Å². The first-order valence-corrected chi connectivity index (χ1v) is 7.21. The van der Waals surface area contributed by atoms with E-state index in [4.69, 9.17) is 0 Å². The van der Waals surface area contributed by atoms with Crippen LogP contribution in [-0.4, -0.2) is 22.4 Å². The molecule has 2 aromatic rings. The van der Waals surface area contributed by atoms with Crippen LogP contribution < -0.4 is 10.6 Å². The average Bonchev–Trinajstić information content (AvgIpc) is 2.96. The first-order chi connectivity index (χ1) is 10.2. The summed E-state index contributed by atoms with van der Waals surface area (Å²) in [5, 5.41) is 18.9. The molecule has 1 amide bonds. The molecule has 0 atom stereocenters. The number of thiazole rings is 1. The lowest BCUT2D eigenvalue weighted by molar-refractivity contribution is -0.384. The van der Waals surface area contributed by atoms with E-state index in [0.29, 0.717) is 30.2 Å². The van der Waals surface area contributed by atoms with Crippen LogP contribution in [-0.2, 0) is 4.79 Å². The molecule has 0 spiro atoms. The zero-order valence-electron chi connectivity index (χ0n) is 11.1. The van der Waals surface area contributed by atoms with Gasteiger partial charge in [-0.25, -0.2) is 4.98 Å². The second-order valence-electron chi connectivity index (χ2n) is 4.19. The molecule has 0 saturated carbocycles. The predicted molar refractivity (Wildman–Crippen MR) is 81.6 cm³/mol. The number of nitrogens with zero attached hydrogens (tertiary/aromatic N) is 2. The molecule has 0 fully saturated rings. The minimum Gasteiger partial charge on any atom is -0.379 e. The van der Waals surface area contributed by atoms with Gasteiger partial charge in [0, 0.05) is 30.6 Å². The first kappa shape index (κ1) is 14.9. The van der Waals surface area contributed by atoms with Gasteiger partial charge in [-0.3, -0.25) is 14.9 Å². The number of hydrogen-bond acceptors (Lipinski definition) is 6. The second kappa shape index (κ2) is 7.34. The van der Waals surface area contributed by atoms with Gasteiger partial charge in [-0.2, -0.15) is 0 Å². The molecule has 2 rings (SSSR count). The summed E-state index contributed by atoms with van der Waals surface area (Å²) in [6.07, 6.45) is 2.52. The fourth-order valence-corrected chi connectivity index (χ4v) is 2.27. The molecule has 110 valence electrons. The highest BCUT2D eigenvalue weighted by molar-refractivity contribution is 7.13. The van der Waals surface area contributed by atoms with E-state index in [-0.39, 0.29) is 11.6 Å². The number of aromatic nitrogens is 1. The van der Waals surface area contributed by atoms with Crippen molar-refractivity contribution in [2.75, 3.05) is 17.2 Å². The van der Waals surface area contributed by atoms with Gasteiger partial charge in [0.05, 0.1) is 4.92 Å². The molecule has 7 nitrogen and oxygen atoms in total. The zero-order valence-corrected chi connectivity index (χ0v) is 11.9.